The van der Waals surface area contributed by atoms with Crippen LogP contribution in [0.15, 0.2) is 97.2 Å². The van der Waals surface area contributed by atoms with Gasteiger partial charge in [-0.1, -0.05) is 72.8 Å². The highest BCUT2D eigenvalue weighted by Crippen LogP contribution is 2.39. The molecule has 0 fully saturated rings. The number of rotatable bonds is 10. The lowest BCUT2D eigenvalue weighted by atomic mass is 9.91. The Kier molecular flexibility index (Phi) is 8.54. The first-order chi connectivity index (χ1) is 20.2. The summed E-state index contributed by atoms with van der Waals surface area (Å²) >= 11 is 0. The minimum absolute atomic E-state index is 0.0956. The lowest BCUT2D eigenvalue weighted by Gasteiger charge is -2.17. The fourth-order valence-electron chi connectivity index (χ4n) is 4.96. The predicted molar refractivity (Wildman–Crippen MR) is 154 cm³/mol. The van der Waals surface area contributed by atoms with E-state index < -0.39 is 17.7 Å². The number of aryl methyl sites for hydroxylation is 1. The average Bonchev–Trinajstić information content (AvgIpc) is 2.96. The molecule has 0 saturated heterocycles. The van der Waals surface area contributed by atoms with Crippen molar-refractivity contribution in [3.63, 3.8) is 0 Å². The maximum absolute atomic E-state index is 13.9. The molecule has 0 aliphatic heterocycles. The van der Waals surface area contributed by atoms with Crippen LogP contribution in [0.25, 0.3) is 22.0 Å². The van der Waals surface area contributed by atoms with Gasteiger partial charge in [0.2, 0.25) is 0 Å². The molecule has 4 aromatic carbocycles. The summed E-state index contributed by atoms with van der Waals surface area (Å²) in [5, 5.41) is 9.19. The van der Waals surface area contributed by atoms with Gasteiger partial charge in [0.05, 0.1) is 17.7 Å². The van der Waals surface area contributed by atoms with Gasteiger partial charge >= 0.3 is 12.1 Å². The SMILES string of the molecule is Cc1ccccc1Cc1cnc2c(C(F)(F)F)cccc2c1-c1cccc(OCc2cccc(COCC(=O)O)c2)c1. The molecule has 0 saturated carbocycles. The van der Waals surface area contributed by atoms with Crippen LogP contribution in [-0.2, 0) is 35.3 Å². The van der Waals surface area contributed by atoms with E-state index in [1.807, 2.05) is 73.7 Å². The van der Waals surface area contributed by atoms with Gasteiger partial charge in [-0.15, -0.1) is 0 Å². The van der Waals surface area contributed by atoms with E-state index in [0.29, 0.717) is 23.1 Å². The van der Waals surface area contributed by atoms with Gasteiger partial charge in [-0.3, -0.25) is 4.98 Å². The molecule has 0 atom stereocenters. The maximum atomic E-state index is 13.9. The van der Waals surface area contributed by atoms with Crippen LogP contribution in [0.5, 0.6) is 5.75 Å². The first-order valence-corrected chi connectivity index (χ1v) is 13.3. The van der Waals surface area contributed by atoms with Crippen molar-refractivity contribution in [2.24, 2.45) is 0 Å². The molecule has 5 nitrogen and oxygen atoms in total. The molecular weight excluding hydrogens is 543 g/mol. The highest BCUT2D eigenvalue weighted by atomic mass is 19.4. The van der Waals surface area contributed by atoms with E-state index in [1.54, 1.807) is 18.3 Å². The van der Waals surface area contributed by atoms with Crippen molar-refractivity contribution in [3.8, 4) is 16.9 Å². The minimum Gasteiger partial charge on any atom is -0.489 e. The molecule has 42 heavy (non-hydrogen) atoms. The summed E-state index contributed by atoms with van der Waals surface area (Å²) in [6.07, 6.45) is -2.49. The summed E-state index contributed by atoms with van der Waals surface area (Å²) in [5.41, 5.74) is 5.16. The summed E-state index contributed by atoms with van der Waals surface area (Å²) < 4.78 is 53.0. The molecule has 8 heteroatoms. The van der Waals surface area contributed by atoms with Crippen LogP contribution in [0.2, 0.25) is 0 Å². The summed E-state index contributed by atoms with van der Waals surface area (Å²) in [6, 6.07) is 26.8. The number of benzene rings is 4. The van der Waals surface area contributed by atoms with Crippen molar-refractivity contribution in [2.75, 3.05) is 6.61 Å². The smallest absolute Gasteiger partial charge is 0.418 e. The van der Waals surface area contributed by atoms with E-state index >= 15 is 0 Å². The highest BCUT2D eigenvalue weighted by molar-refractivity contribution is 5.98. The largest absolute Gasteiger partial charge is 0.489 e. The van der Waals surface area contributed by atoms with Crippen LogP contribution in [0.4, 0.5) is 13.2 Å². The highest BCUT2D eigenvalue weighted by Gasteiger charge is 2.33. The predicted octanol–water partition coefficient (Wildman–Crippen LogP) is 8.00. The lowest BCUT2D eigenvalue weighted by Crippen LogP contribution is -2.07. The first-order valence-electron chi connectivity index (χ1n) is 13.3. The van der Waals surface area contributed by atoms with Crippen LogP contribution in [0.3, 0.4) is 0 Å². The van der Waals surface area contributed by atoms with Gasteiger partial charge in [0.1, 0.15) is 19.0 Å². The summed E-state index contributed by atoms with van der Waals surface area (Å²) in [4.78, 5) is 15.0. The number of hydrogen-bond acceptors (Lipinski definition) is 4. The maximum Gasteiger partial charge on any atom is 0.418 e. The fraction of sp³-hybridized carbons (Fsp3) is 0.176. The Morgan fingerprint density at radius 1 is 0.857 bits per heavy atom. The standard InChI is InChI=1S/C34H28F3NO4/c1-22-7-2-3-10-25(22)16-27-18-38-33-29(13-6-14-30(33)34(35,36)37)32(27)26-11-5-12-28(17-26)42-20-24-9-4-8-23(15-24)19-41-21-31(39)40/h2-15,17-18H,16,19-21H2,1H3,(H,39,40). The molecule has 0 unspecified atom stereocenters. The van der Waals surface area contributed by atoms with Crippen molar-refractivity contribution in [1.29, 1.82) is 0 Å². The molecule has 5 aromatic rings. The third kappa shape index (κ3) is 6.78. The Bertz CT molecular complexity index is 1730. The summed E-state index contributed by atoms with van der Waals surface area (Å²) in [7, 11) is 0. The van der Waals surface area contributed by atoms with E-state index in [1.165, 1.54) is 6.07 Å². The second-order valence-electron chi connectivity index (χ2n) is 9.98. The summed E-state index contributed by atoms with van der Waals surface area (Å²) in [6.45, 7) is 2.02. The third-order valence-electron chi connectivity index (χ3n) is 6.94. The minimum atomic E-state index is -4.54. The molecule has 0 radical (unpaired) electrons. The Morgan fingerprint density at radius 3 is 2.36 bits per heavy atom. The number of carboxylic acids is 1. The monoisotopic (exact) mass is 571 g/mol. The van der Waals surface area contributed by atoms with Gasteiger partial charge in [-0.25, -0.2) is 4.79 Å². The van der Waals surface area contributed by atoms with Gasteiger partial charge in [-0.05, 0) is 70.5 Å². The molecule has 1 heterocycles. The van der Waals surface area contributed by atoms with Gasteiger partial charge < -0.3 is 14.6 Å². The van der Waals surface area contributed by atoms with Crippen LogP contribution < -0.4 is 4.74 Å². The molecule has 0 aliphatic rings. The number of aromatic nitrogens is 1. The van der Waals surface area contributed by atoms with Crippen molar-refractivity contribution < 1.29 is 32.5 Å². The van der Waals surface area contributed by atoms with Gasteiger partial charge in [0.25, 0.3) is 0 Å². The van der Waals surface area contributed by atoms with E-state index in [-0.39, 0.29) is 25.3 Å². The van der Waals surface area contributed by atoms with Crippen LogP contribution >= 0.6 is 0 Å². The molecule has 0 spiro atoms. The Hall–Kier alpha value is -4.69. The molecule has 1 N–H and O–H groups in total. The zero-order valence-electron chi connectivity index (χ0n) is 22.8. The number of carbonyl (C=O) groups is 1. The molecular formula is C34H28F3NO4. The van der Waals surface area contributed by atoms with Gasteiger partial charge in [-0.2, -0.15) is 13.2 Å². The number of halogens is 3. The molecule has 0 amide bonds. The molecule has 5 rings (SSSR count). The quantitative estimate of drug-likeness (QED) is 0.184. The molecule has 0 bridgehead atoms. The number of fused-ring (bicyclic) bond motifs is 1. The first kappa shape index (κ1) is 28.8. The van der Waals surface area contributed by atoms with Crippen molar-refractivity contribution in [3.05, 3.63) is 131 Å². The van der Waals surface area contributed by atoms with E-state index in [2.05, 4.69) is 4.98 Å². The number of aliphatic carboxylic acids is 1. The number of pyridine rings is 1. The topological polar surface area (TPSA) is 68.7 Å². The number of alkyl halides is 3. The second kappa shape index (κ2) is 12.4. The van der Waals surface area contributed by atoms with Crippen molar-refractivity contribution in [2.45, 2.75) is 32.7 Å². The second-order valence-corrected chi connectivity index (χ2v) is 9.98. The van der Waals surface area contributed by atoms with Crippen LogP contribution in [0.1, 0.15) is 33.4 Å². The van der Waals surface area contributed by atoms with Crippen LogP contribution in [-0.4, -0.2) is 22.7 Å². The number of ether oxygens (including phenoxy) is 2. The number of hydrogen-bond donors (Lipinski definition) is 1. The number of carboxylic acid groups (broad SMARTS) is 1. The lowest BCUT2D eigenvalue weighted by molar-refractivity contribution is -0.142. The Labute approximate surface area is 241 Å². The zero-order valence-corrected chi connectivity index (χ0v) is 22.8. The van der Waals surface area contributed by atoms with E-state index in [9.17, 15) is 18.0 Å². The van der Waals surface area contributed by atoms with Crippen molar-refractivity contribution in [1.82, 2.24) is 4.98 Å². The van der Waals surface area contributed by atoms with E-state index in [0.717, 1.165) is 39.4 Å². The number of para-hydroxylation sites is 1. The van der Waals surface area contributed by atoms with Crippen LogP contribution in [0, 0.1) is 6.92 Å². The Morgan fingerprint density at radius 2 is 1.60 bits per heavy atom. The summed E-state index contributed by atoms with van der Waals surface area (Å²) in [5.74, 6) is -0.480. The third-order valence-corrected chi connectivity index (χ3v) is 6.94. The molecule has 214 valence electrons. The van der Waals surface area contributed by atoms with Crippen molar-refractivity contribution >= 4 is 16.9 Å². The Balaban J connectivity index is 1.49. The van der Waals surface area contributed by atoms with E-state index in [4.69, 9.17) is 14.6 Å². The normalized spacial score (nSPS) is 11.5. The average molecular weight is 572 g/mol. The fourth-order valence-corrected chi connectivity index (χ4v) is 4.96. The zero-order chi connectivity index (χ0) is 29.7. The molecule has 1 aromatic heterocycles. The molecule has 0 aliphatic carbocycles. The number of nitrogens with zero attached hydrogens (tertiary/aromatic N) is 1. The van der Waals surface area contributed by atoms with Gasteiger partial charge in [0, 0.05) is 11.6 Å². The van der Waals surface area contributed by atoms with Gasteiger partial charge in [0.15, 0.2) is 0 Å².